The summed E-state index contributed by atoms with van der Waals surface area (Å²) >= 11 is 2.31. The van der Waals surface area contributed by atoms with Crippen LogP contribution in [0.25, 0.3) is 0 Å². The molecule has 0 aromatic rings. The second-order valence-electron chi connectivity index (χ2n) is 6.85. The molecule has 4 nitrogen and oxygen atoms in total. The van der Waals surface area contributed by atoms with Gasteiger partial charge in [0.15, 0.2) is 8.32 Å². The second-order valence-corrected chi connectivity index (χ2v) is 12.7. The summed E-state index contributed by atoms with van der Waals surface area (Å²) in [5, 5.41) is 0.0466. The molecule has 6 heteroatoms. The van der Waals surface area contributed by atoms with E-state index in [1.165, 1.54) is 4.90 Å². The predicted molar refractivity (Wildman–Crippen MR) is 91.5 cm³/mol. The number of hydrogen-bond donors (Lipinski definition) is 0. The number of likely N-dealkylation sites (tertiary alicyclic amines) is 1. The van der Waals surface area contributed by atoms with Gasteiger partial charge in [-0.25, -0.2) is 0 Å². The molecule has 1 heterocycles. The number of unbranched alkanes of at least 4 members (excludes halogenated alkanes) is 1. The van der Waals surface area contributed by atoms with E-state index in [9.17, 15) is 9.59 Å². The Labute approximate surface area is 136 Å². The van der Waals surface area contributed by atoms with Crippen LogP contribution in [0.1, 0.15) is 40.0 Å². The summed E-state index contributed by atoms with van der Waals surface area (Å²) in [5.41, 5.74) is 0. The maximum absolute atomic E-state index is 12.3. The third-order valence-electron chi connectivity index (χ3n) is 4.21. The van der Waals surface area contributed by atoms with Crippen LogP contribution in [-0.2, 0) is 14.0 Å². The molecule has 0 spiro atoms. The fraction of sp³-hybridized carbons (Fsp3) is 0.857. The van der Waals surface area contributed by atoms with Crippen molar-refractivity contribution in [3.8, 4) is 0 Å². The standard InChI is InChI=1S/C14H26INO3Si/c1-14(2,3)20(4,5)19-11-10-12(17)16(13(11)18)9-7-6-8-15/h11H,6-10H2,1-5H3/t11-/m0/s1. The van der Waals surface area contributed by atoms with Crippen LogP contribution in [0.3, 0.4) is 0 Å². The van der Waals surface area contributed by atoms with Crippen molar-refractivity contribution in [3.05, 3.63) is 0 Å². The number of amides is 2. The average molecular weight is 411 g/mol. The first kappa shape index (κ1) is 18.1. The lowest BCUT2D eigenvalue weighted by Gasteiger charge is -2.37. The molecule has 20 heavy (non-hydrogen) atoms. The number of hydrogen-bond acceptors (Lipinski definition) is 3. The summed E-state index contributed by atoms with van der Waals surface area (Å²) in [6.45, 7) is 11.2. The van der Waals surface area contributed by atoms with Crippen molar-refractivity contribution in [2.75, 3.05) is 11.0 Å². The van der Waals surface area contributed by atoms with Crippen LogP contribution >= 0.6 is 22.6 Å². The Kier molecular flexibility index (Phi) is 6.22. The summed E-state index contributed by atoms with van der Waals surface area (Å²) in [7, 11) is -2.01. The fourth-order valence-electron chi connectivity index (χ4n) is 1.88. The van der Waals surface area contributed by atoms with Crippen molar-refractivity contribution in [2.45, 2.75) is 64.3 Å². The molecule has 116 valence electrons. The number of carbonyl (C=O) groups is 2. The minimum Gasteiger partial charge on any atom is -0.404 e. The van der Waals surface area contributed by atoms with Gasteiger partial charge in [0, 0.05) is 6.54 Å². The second kappa shape index (κ2) is 6.87. The van der Waals surface area contributed by atoms with Gasteiger partial charge in [-0.05, 0) is 35.4 Å². The molecular formula is C14H26INO3Si. The van der Waals surface area contributed by atoms with Crippen LogP contribution in [0, 0.1) is 0 Å². The van der Waals surface area contributed by atoms with Crippen LogP contribution < -0.4 is 0 Å². The summed E-state index contributed by atoms with van der Waals surface area (Å²) in [6.07, 6.45) is 1.58. The molecule has 0 aromatic carbocycles. The fourth-order valence-corrected chi connectivity index (χ4v) is 3.66. The summed E-state index contributed by atoms with van der Waals surface area (Å²) in [6, 6.07) is 0. The maximum atomic E-state index is 12.3. The van der Waals surface area contributed by atoms with Gasteiger partial charge >= 0.3 is 0 Å². The van der Waals surface area contributed by atoms with Crippen LogP contribution in [0.2, 0.25) is 18.1 Å². The molecule has 0 N–H and O–H groups in total. The lowest BCUT2D eigenvalue weighted by molar-refractivity contribution is -0.140. The van der Waals surface area contributed by atoms with Crippen molar-refractivity contribution in [2.24, 2.45) is 0 Å². The van der Waals surface area contributed by atoms with Crippen LogP contribution in [0.4, 0.5) is 0 Å². The van der Waals surface area contributed by atoms with Crippen molar-refractivity contribution in [1.29, 1.82) is 0 Å². The number of nitrogens with zero attached hydrogens (tertiary/aromatic N) is 1. The normalized spacial score (nSPS) is 20.9. The molecule has 1 atom stereocenters. The number of rotatable bonds is 6. The predicted octanol–water partition coefficient (Wildman–Crippen LogP) is 3.35. The average Bonchev–Trinajstić information content (AvgIpc) is 2.54. The lowest BCUT2D eigenvalue weighted by Crippen LogP contribution is -2.46. The zero-order valence-electron chi connectivity index (χ0n) is 13.2. The highest BCUT2D eigenvalue weighted by molar-refractivity contribution is 14.1. The Morgan fingerprint density at radius 1 is 1.30 bits per heavy atom. The van der Waals surface area contributed by atoms with E-state index in [2.05, 4.69) is 56.5 Å². The van der Waals surface area contributed by atoms with Crippen molar-refractivity contribution in [1.82, 2.24) is 4.90 Å². The lowest BCUT2D eigenvalue weighted by atomic mass is 10.2. The van der Waals surface area contributed by atoms with Crippen molar-refractivity contribution < 1.29 is 14.0 Å². The Bertz CT molecular complexity index is 379. The zero-order chi connectivity index (χ0) is 15.6. The van der Waals surface area contributed by atoms with Crippen molar-refractivity contribution in [3.63, 3.8) is 0 Å². The number of carbonyl (C=O) groups excluding carboxylic acids is 2. The van der Waals surface area contributed by atoms with E-state index in [1.54, 1.807) is 0 Å². The first-order chi connectivity index (χ1) is 9.10. The van der Waals surface area contributed by atoms with E-state index >= 15 is 0 Å². The van der Waals surface area contributed by atoms with Crippen LogP contribution in [-0.4, -0.2) is 42.1 Å². The molecule has 0 radical (unpaired) electrons. The van der Waals surface area contributed by atoms with E-state index in [1.807, 2.05) is 0 Å². The van der Waals surface area contributed by atoms with E-state index in [0.717, 1.165) is 17.3 Å². The van der Waals surface area contributed by atoms with Gasteiger partial charge in [-0.3, -0.25) is 14.5 Å². The molecule has 1 rings (SSSR count). The van der Waals surface area contributed by atoms with Gasteiger partial charge in [0.25, 0.3) is 5.91 Å². The van der Waals surface area contributed by atoms with Crippen LogP contribution in [0.15, 0.2) is 0 Å². The van der Waals surface area contributed by atoms with E-state index in [-0.39, 0.29) is 23.3 Å². The van der Waals surface area contributed by atoms with Gasteiger partial charge in [-0.2, -0.15) is 0 Å². The first-order valence-corrected chi connectivity index (χ1v) is 11.6. The Morgan fingerprint density at radius 3 is 2.40 bits per heavy atom. The number of imide groups is 1. The molecule has 0 aromatic heterocycles. The zero-order valence-corrected chi connectivity index (χ0v) is 16.3. The SMILES string of the molecule is CC(C)(C)[Si](C)(C)O[C@H]1CC(=O)N(CCCCI)C1=O. The van der Waals surface area contributed by atoms with Gasteiger partial charge in [0.1, 0.15) is 6.10 Å². The highest BCUT2D eigenvalue weighted by Gasteiger charge is 2.46. The molecule has 0 saturated carbocycles. The van der Waals surface area contributed by atoms with Gasteiger partial charge in [-0.1, -0.05) is 43.4 Å². The number of halogens is 1. The Balaban J connectivity index is 2.67. The maximum Gasteiger partial charge on any atom is 0.257 e. The quantitative estimate of drug-likeness (QED) is 0.221. The third kappa shape index (κ3) is 4.27. The number of alkyl halides is 1. The molecule has 0 unspecified atom stereocenters. The third-order valence-corrected chi connectivity index (χ3v) is 9.46. The molecule has 1 saturated heterocycles. The molecule has 2 amide bonds. The largest absolute Gasteiger partial charge is 0.404 e. The molecule has 1 aliphatic heterocycles. The molecule has 0 bridgehead atoms. The summed E-state index contributed by atoms with van der Waals surface area (Å²) in [5.74, 6) is -0.208. The highest BCUT2D eigenvalue weighted by Crippen LogP contribution is 2.38. The van der Waals surface area contributed by atoms with Gasteiger partial charge in [0.05, 0.1) is 6.42 Å². The van der Waals surface area contributed by atoms with E-state index < -0.39 is 14.4 Å². The van der Waals surface area contributed by atoms with Crippen molar-refractivity contribution >= 4 is 42.7 Å². The minimum atomic E-state index is -2.01. The molecular weight excluding hydrogens is 385 g/mol. The van der Waals surface area contributed by atoms with Gasteiger partial charge in [0.2, 0.25) is 5.91 Å². The van der Waals surface area contributed by atoms with E-state index in [4.69, 9.17) is 4.43 Å². The minimum absolute atomic E-state index is 0.0466. The van der Waals surface area contributed by atoms with Crippen LogP contribution in [0.5, 0.6) is 0 Å². The monoisotopic (exact) mass is 411 g/mol. The summed E-state index contributed by atoms with van der Waals surface area (Å²) in [4.78, 5) is 25.7. The Hall–Kier alpha value is 0.0469. The first-order valence-electron chi connectivity index (χ1n) is 7.18. The molecule has 0 aliphatic carbocycles. The van der Waals surface area contributed by atoms with Gasteiger partial charge in [-0.15, -0.1) is 0 Å². The summed E-state index contributed by atoms with van der Waals surface area (Å²) < 4.78 is 7.16. The smallest absolute Gasteiger partial charge is 0.257 e. The highest BCUT2D eigenvalue weighted by atomic mass is 127. The van der Waals surface area contributed by atoms with Gasteiger partial charge < -0.3 is 4.43 Å². The Morgan fingerprint density at radius 2 is 1.90 bits per heavy atom. The van der Waals surface area contributed by atoms with E-state index in [0.29, 0.717) is 6.54 Å². The topological polar surface area (TPSA) is 46.6 Å². The molecule has 1 aliphatic rings. The molecule has 1 fully saturated rings.